The van der Waals surface area contributed by atoms with Gasteiger partial charge in [-0.2, -0.15) is 0 Å². The zero-order chi connectivity index (χ0) is 21.9. The second-order valence-corrected chi connectivity index (χ2v) is 10.3. The number of sulfone groups is 1. The lowest BCUT2D eigenvalue weighted by Crippen LogP contribution is -2.44. The van der Waals surface area contributed by atoms with E-state index in [1.807, 2.05) is 19.1 Å². The number of rotatable bonds is 10. The Labute approximate surface area is 209 Å². The lowest BCUT2D eigenvalue weighted by atomic mass is 10.1. The van der Waals surface area contributed by atoms with Gasteiger partial charge in [-0.3, -0.25) is 9.89 Å². The lowest BCUT2D eigenvalue weighted by molar-refractivity contribution is 0.255. The molecule has 2 aromatic rings. The van der Waals surface area contributed by atoms with Gasteiger partial charge in [-0.15, -0.1) is 24.0 Å². The molecule has 0 bridgehead atoms. The van der Waals surface area contributed by atoms with Crippen molar-refractivity contribution in [3.8, 4) is 0 Å². The van der Waals surface area contributed by atoms with Crippen molar-refractivity contribution in [2.75, 3.05) is 31.1 Å². The third kappa shape index (κ3) is 9.46. The molecule has 3 rings (SSSR count). The molecule has 0 amide bonds. The summed E-state index contributed by atoms with van der Waals surface area (Å²) < 4.78 is 23.4. The fourth-order valence-corrected chi connectivity index (χ4v) is 5.48. The van der Waals surface area contributed by atoms with Crippen LogP contribution in [-0.4, -0.2) is 56.5 Å². The van der Waals surface area contributed by atoms with Crippen molar-refractivity contribution in [1.29, 1.82) is 0 Å². The molecule has 2 N–H and O–H groups in total. The van der Waals surface area contributed by atoms with Gasteiger partial charge in [0.25, 0.3) is 0 Å². The molecule has 32 heavy (non-hydrogen) atoms. The van der Waals surface area contributed by atoms with Crippen molar-refractivity contribution in [2.45, 2.75) is 38.9 Å². The van der Waals surface area contributed by atoms with Crippen molar-refractivity contribution < 1.29 is 8.42 Å². The summed E-state index contributed by atoms with van der Waals surface area (Å²) >= 11 is 0. The van der Waals surface area contributed by atoms with E-state index >= 15 is 0 Å². The van der Waals surface area contributed by atoms with E-state index in [9.17, 15) is 8.42 Å². The molecule has 2 aromatic carbocycles. The summed E-state index contributed by atoms with van der Waals surface area (Å²) in [6.07, 6.45) is 1.58. The predicted molar refractivity (Wildman–Crippen MR) is 143 cm³/mol. The van der Waals surface area contributed by atoms with Crippen LogP contribution >= 0.6 is 24.0 Å². The van der Waals surface area contributed by atoms with Gasteiger partial charge < -0.3 is 10.6 Å². The first-order chi connectivity index (χ1) is 15.0. The third-order valence-corrected chi connectivity index (χ3v) is 7.09. The Morgan fingerprint density at radius 1 is 1.03 bits per heavy atom. The Kier molecular flexibility index (Phi) is 11.5. The molecule has 1 unspecified atom stereocenters. The van der Waals surface area contributed by atoms with Crippen molar-refractivity contribution >= 4 is 39.8 Å². The third-order valence-electron chi connectivity index (χ3n) is 5.32. The molecule has 8 heteroatoms. The average molecular weight is 571 g/mol. The van der Waals surface area contributed by atoms with E-state index in [2.05, 4.69) is 69.1 Å². The molecular formula is C24H35IN4O2S. The quantitative estimate of drug-likeness (QED) is 0.198. The Bertz CT molecular complexity index is 882. The summed E-state index contributed by atoms with van der Waals surface area (Å²) in [5.41, 5.74) is 2.61. The molecule has 1 saturated heterocycles. The molecule has 1 atom stereocenters. The van der Waals surface area contributed by atoms with Crippen LogP contribution in [0, 0.1) is 0 Å². The summed E-state index contributed by atoms with van der Waals surface area (Å²) in [5, 5.41) is 6.52. The number of nitrogens with zero attached hydrogens (tertiary/aromatic N) is 2. The van der Waals surface area contributed by atoms with Crippen LogP contribution in [0.2, 0.25) is 0 Å². The van der Waals surface area contributed by atoms with Crippen molar-refractivity contribution in [3.05, 3.63) is 71.8 Å². The number of guanidine groups is 1. The normalized spacial score (nSPS) is 17.7. The molecule has 1 heterocycles. The van der Waals surface area contributed by atoms with Gasteiger partial charge in [0, 0.05) is 38.8 Å². The Morgan fingerprint density at radius 2 is 1.62 bits per heavy atom. The minimum atomic E-state index is -2.90. The largest absolute Gasteiger partial charge is 0.357 e. The van der Waals surface area contributed by atoms with E-state index in [1.165, 1.54) is 11.1 Å². The average Bonchev–Trinajstić information content (AvgIpc) is 3.11. The minimum Gasteiger partial charge on any atom is -0.357 e. The molecule has 0 radical (unpaired) electrons. The van der Waals surface area contributed by atoms with Crippen LogP contribution in [0.4, 0.5) is 0 Å². The van der Waals surface area contributed by atoms with E-state index in [0.717, 1.165) is 32.6 Å². The number of aliphatic imine (C=N–C) groups is 1. The second kappa shape index (κ2) is 13.8. The van der Waals surface area contributed by atoms with Crippen LogP contribution in [0.1, 0.15) is 30.9 Å². The van der Waals surface area contributed by atoms with E-state index < -0.39 is 9.84 Å². The van der Waals surface area contributed by atoms with Gasteiger partial charge in [-0.05, 0) is 30.9 Å². The molecule has 0 aromatic heterocycles. The molecule has 1 aliphatic rings. The SMILES string of the molecule is CCNC(=NCCCN(Cc1ccccc1)Cc1ccccc1)NC1CCS(=O)(=O)C1.I. The highest BCUT2D eigenvalue weighted by Crippen LogP contribution is 2.12. The number of nitrogens with one attached hydrogen (secondary N) is 2. The lowest BCUT2D eigenvalue weighted by Gasteiger charge is -2.22. The number of hydrogen-bond donors (Lipinski definition) is 2. The van der Waals surface area contributed by atoms with E-state index in [1.54, 1.807) is 0 Å². The zero-order valence-electron chi connectivity index (χ0n) is 18.7. The maximum atomic E-state index is 11.7. The summed E-state index contributed by atoms with van der Waals surface area (Å²) in [7, 11) is -2.90. The smallest absolute Gasteiger partial charge is 0.191 e. The standard InChI is InChI=1S/C24H34N4O2S.HI/c1-2-25-24(27-23-14-17-31(29,30)20-23)26-15-9-16-28(18-21-10-5-3-6-11-21)19-22-12-7-4-8-13-22;/h3-8,10-13,23H,2,9,14-20H2,1H3,(H2,25,26,27);1H. The van der Waals surface area contributed by atoms with Gasteiger partial charge in [-0.25, -0.2) is 8.42 Å². The molecular weight excluding hydrogens is 535 g/mol. The fourth-order valence-electron chi connectivity index (χ4n) is 3.80. The van der Waals surface area contributed by atoms with Crippen LogP contribution < -0.4 is 10.6 Å². The zero-order valence-corrected chi connectivity index (χ0v) is 21.9. The molecule has 6 nitrogen and oxygen atoms in total. The Morgan fingerprint density at radius 3 is 2.12 bits per heavy atom. The first-order valence-corrected chi connectivity index (χ1v) is 12.9. The topological polar surface area (TPSA) is 73.8 Å². The van der Waals surface area contributed by atoms with Crippen LogP contribution in [0.3, 0.4) is 0 Å². The fraction of sp³-hybridized carbons (Fsp3) is 0.458. The monoisotopic (exact) mass is 570 g/mol. The highest BCUT2D eigenvalue weighted by molar-refractivity contribution is 14.0. The molecule has 1 aliphatic heterocycles. The predicted octanol–water partition coefficient (Wildman–Crippen LogP) is 3.44. The first-order valence-electron chi connectivity index (χ1n) is 11.1. The van der Waals surface area contributed by atoms with E-state index in [0.29, 0.717) is 18.9 Å². The van der Waals surface area contributed by atoms with Gasteiger partial charge in [0.05, 0.1) is 11.5 Å². The molecule has 1 fully saturated rings. The van der Waals surface area contributed by atoms with Crippen LogP contribution in [-0.2, 0) is 22.9 Å². The van der Waals surface area contributed by atoms with Crippen LogP contribution in [0.15, 0.2) is 65.7 Å². The minimum absolute atomic E-state index is 0. The summed E-state index contributed by atoms with van der Waals surface area (Å²) in [4.78, 5) is 7.13. The molecule has 176 valence electrons. The van der Waals surface area contributed by atoms with E-state index in [4.69, 9.17) is 0 Å². The highest BCUT2D eigenvalue weighted by Gasteiger charge is 2.28. The Balaban J connectivity index is 0.00000363. The van der Waals surface area contributed by atoms with Gasteiger partial charge in [0.1, 0.15) is 0 Å². The highest BCUT2D eigenvalue weighted by atomic mass is 127. The number of halogens is 1. The van der Waals surface area contributed by atoms with Gasteiger partial charge >= 0.3 is 0 Å². The Hall–Kier alpha value is -1.65. The van der Waals surface area contributed by atoms with Crippen LogP contribution in [0.25, 0.3) is 0 Å². The van der Waals surface area contributed by atoms with Gasteiger partial charge in [-0.1, -0.05) is 60.7 Å². The molecule has 0 spiro atoms. The second-order valence-electron chi connectivity index (χ2n) is 8.04. The van der Waals surface area contributed by atoms with E-state index in [-0.39, 0.29) is 41.5 Å². The first kappa shape index (κ1) is 26.6. The molecule has 0 saturated carbocycles. The van der Waals surface area contributed by atoms with Crippen molar-refractivity contribution in [3.63, 3.8) is 0 Å². The molecule has 0 aliphatic carbocycles. The number of benzene rings is 2. The van der Waals surface area contributed by atoms with Gasteiger partial charge in [0.15, 0.2) is 15.8 Å². The van der Waals surface area contributed by atoms with Crippen molar-refractivity contribution in [1.82, 2.24) is 15.5 Å². The summed E-state index contributed by atoms with van der Waals surface area (Å²) in [6.45, 7) is 6.19. The maximum absolute atomic E-state index is 11.7. The number of hydrogen-bond acceptors (Lipinski definition) is 4. The van der Waals surface area contributed by atoms with Gasteiger partial charge in [0.2, 0.25) is 0 Å². The van der Waals surface area contributed by atoms with Crippen LogP contribution in [0.5, 0.6) is 0 Å². The van der Waals surface area contributed by atoms with Crippen molar-refractivity contribution in [2.24, 2.45) is 4.99 Å². The summed E-state index contributed by atoms with van der Waals surface area (Å²) in [6, 6.07) is 21.0. The summed E-state index contributed by atoms with van der Waals surface area (Å²) in [5.74, 6) is 1.17. The maximum Gasteiger partial charge on any atom is 0.191 e.